The third-order valence-electron chi connectivity index (χ3n) is 4.00. The summed E-state index contributed by atoms with van der Waals surface area (Å²) in [5.41, 5.74) is 7.24. The van der Waals surface area contributed by atoms with E-state index in [1.54, 1.807) is 14.2 Å². The van der Waals surface area contributed by atoms with E-state index in [0.29, 0.717) is 31.1 Å². The Hall–Kier alpha value is -1.26. The van der Waals surface area contributed by atoms with Crippen molar-refractivity contribution in [1.29, 1.82) is 0 Å². The molecule has 1 aliphatic rings. The van der Waals surface area contributed by atoms with Crippen LogP contribution in [0.3, 0.4) is 0 Å². The summed E-state index contributed by atoms with van der Waals surface area (Å²) in [5, 5.41) is 0. The Morgan fingerprint density at radius 3 is 2.58 bits per heavy atom. The van der Waals surface area contributed by atoms with E-state index in [1.807, 2.05) is 6.07 Å². The van der Waals surface area contributed by atoms with Crippen molar-refractivity contribution in [3.63, 3.8) is 0 Å². The fraction of sp³-hybridized carbons (Fsp3) is 0.600. The monoisotopic (exact) mass is 265 g/mol. The van der Waals surface area contributed by atoms with Gasteiger partial charge in [0.25, 0.3) is 0 Å². The summed E-state index contributed by atoms with van der Waals surface area (Å²) < 4.78 is 16.0. The van der Waals surface area contributed by atoms with Crippen LogP contribution in [0.2, 0.25) is 0 Å². The van der Waals surface area contributed by atoms with Crippen LogP contribution >= 0.6 is 0 Å². The molecular weight excluding hydrogens is 242 g/mol. The van der Waals surface area contributed by atoms with Crippen LogP contribution in [0.4, 0.5) is 0 Å². The van der Waals surface area contributed by atoms with Gasteiger partial charge in [-0.05, 0) is 36.0 Å². The molecule has 1 aromatic rings. The molecule has 2 N–H and O–H groups in total. The SMILES string of the molecule is COCCOc1ccc(C2CC(N)C2C)cc1OC. The van der Waals surface area contributed by atoms with E-state index in [-0.39, 0.29) is 0 Å². The maximum absolute atomic E-state index is 5.96. The topological polar surface area (TPSA) is 53.7 Å². The van der Waals surface area contributed by atoms with Crippen molar-refractivity contribution in [2.24, 2.45) is 11.7 Å². The van der Waals surface area contributed by atoms with Gasteiger partial charge in [0.2, 0.25) is 0 Å². The Bertz CT molecular complexity index is 422. The van der Waals surface area contributed by atoms with Crippen LogP contribution in [-0.4, -0.2) is 33.5 Å². The van der Waals surface area contributed by atoms with E-state index in [4.69, 9.17) is 19.9 Å². The van der Waals surface area contributed by atoms with Crippen molar-refractivity contribution < 1.29 is 14.2 Å². The second-order valence-electron chi connectivity index (χ2n) is 5.12. The predicted octanol–water partition coefficient (Wildman–Crippen LogP) is 2.17. The zero-order chi connectivity index (χ0) is 13.8. The molecule has 0 bridgehead atoms. The van der Waals surface area contributed by atoms with Gasteiger partial charge >= 0.3 is 0 Å². The van der Waals surface area contributed by atoms with Crippen LogP contribution in [0, 0.1) is 5.92 Å². The second kappa shape index (κ2) is 6.26. The Balaban J connectivity index is 2.07. The average Bonchev–Trinajstić information content (AvgIpc) is 2.45. The first kappa shape index (κ1) is 14.2. The van der Waals surface area contributed by atoms with Crippen molar-refractivity contribution in [3.8, 4) is 11.5 Å². The van der Waals surface area contributed by atoms with Gasteiger partial charge < -0.3 is 19.9 Å². The Labute approximate surface area is 114 Å². The van der Waals surface area contributed by atoms with Crippen molar-refractivity contribution in [3.05, 3.63) is 23.8 Å². The van der Waals surface area contributed by atoms with Crippen molar-refractivity contribution in [2.45, 2.75) is 25.3 Å². The quantitative estimate of drug-likeness (QED) is 0.801. The largest absolute Gasteiger partial charge is 0.493 e. The van der Waals surface area contributed by atoms with Gasteiger partial charge in [0, 0.05) is 13.2 Å². The van der Waals surface area contributed by atoms with Crippen LogP contribution in [0.25, 0.3) is 0 Å². The Morgan fingerprint density at radius 1 is 1.21 bits per heavy atom. The standard InChI is InChI=1S/C15H23NO3/c1-10-12(9-13(10)16)11-4-5-14(15(8-11)18-3)19-7-6-17-2/h4-5,8,10,12-13H,6-7,9,16H2,1-3H3. The van der Waals surface area contributed by atoms with E-state index in [9.17, 15) is 0 Å². The molecule has 106 valence electrons. The fourth-order valence-electron chi connectivity index (χ4n) is 2.53. The van der Waals surface area contributed by atoms with E-state index < -0.39 is 0 Å². The summed E-state index contributed by atoms with van der Waals surface area (Å²) in [6.07, 6.45) is 1.05. The Kier molecular flexibility index (Phi) is 4.66. The second-order valence-corrected chi connectivity index (χ2v) is 5.12. The minimum atomic E-state index is 0.327. The first-order valence-corrected chi connectivity index (χ1v) is 6.72. The van der Waals surface area contributed by atoms with Crippen LogP contribution < -0.4 is 15.2 Å². The van der Waals surface area contributed by atoms with E-state index in [2.05, 4.69) is 19.1 Å². The van der Waals surface area contributed by atoms with Gasteiger partial charge in [0.05, 0.1) is 13.7 Å². The normalized spacial score (nSPS) is 25.8. The molecule has 1 fully saturated rings. The smallest absolute Gasteiger partial charge is 0.161 e. The number of rotatable bonds is 6. The molecule has 0 amide bonds. The van der Waals surface area contributed by atoms with Crippen molar-refractivity contribution in [1.82, 2.24) is 0 Å². The first-order valence-electron chi connectivity index (χ1n) is 6.72. The van der Waals surface area contributed by atoms with E-state index in [1.165, 1.54) is 5.56 Å². The maximum Gasteiger partial charge on any atom is 0.161 e. The summed E-state index contributed by atoms with van der Waals surface area (Å²) in [7, 11) is 3.32. The highest BCUT2D eigenvalue weighted by Crippen LogP contribution is 2.43. The fourth-order valence-corrected chi connectivity index (χ4v) is 2.53. The third-order valence-corrected chi connectivity index (χ3v) is 4.00. The molecule has 3 atom stereocenters. The first-order chi connectivity index (χ1) is 9.17. The van der Waals surface area contributed by atoms with Gasteiger partial charge in [-0.3, -0.25) is 0 Å². The van der Waals surface area contributed by atoms with Crippen LogP contribution in [0.5, 0.6) is 11.5 Å². The summed E-state index contributed by atoms with van der Waals surface area (Å²) in [5.74, 6) is 2.61. The zero-order valence-electron chi connectivity index (χ0n) is 11.9. The van der Waals surface area contributed by atoms with Gasteiger partial charge in [0.15, 0.2) is 11.5 Å². The molecule has 3 unspecified atom stereocenters. The molecule has 0 aromatic heterocycles. The molecule has 2 rings (SSSR count). The molecule has 0 spiro atoms. The molecule has 1 aliphatic carbocycles. The molecule has 4 heteroatoms. The molecule has 1 aromatic carbocycles. The summed E-state index contributed by atoms with van der Waals surface area (Å²) in [6, 6.07) is 6.47. The van der Waals surface area contributed by atoms with Crippen molar-refractivity contribution in [2.75, 3.05) is 27.4 Å². The number of benzene rings is 1. The third kappa shape index (κ3) is 3.01. The molecule has 0 aliphatic heterocycles. The number of nitrogens with two attached hydrogens (primary N) is 1. The number of ether oxygens (including phenoxy) is 3. The lowest BCUT2D eigenvalue weighted by Crippen LogP contribution is -2.44. The summed E-state index contributed by atoms with van der Waals surface area (Å²) >= 11 is 0. The van der Waals surface area contributed by atoms with Gasteiger partial charge in [-0.15, -0.1) is 0 Å². The molecular formula is C15H23NO3. The van der Waals surface area contributed by atoms with Crippen LogP contribution in [-0.2, 0) is 4.74 Å². The molecule has 1 saturated carbocycles. The minimum absolute atomic E-state index is 0.327. The van der Waals surface area contributed by atoms with E-state index >= 15 is 0 Å². The highest BCUT2D eigenvalue weighted by atomic mass is 16.5. The Morgan fingerprint density at radius 2 is 2.00 bits per heavy atom. The van der Waals surface area contributed by atoms with Gasteiger partial charge in [0.1, 0.15) is 6.61 Å². The summed E-state index contributed by atoms with van der Waals surface area (Å²) in [6.45, 7) is 3.30. The van der Waals surface area contributed by atoms with Crippen molar-refractivity contribution >= 4 is 0 Å². The highest BCUT2D eigenvalue weighted by Gasteiger charge is 2.36. The minimum Gasteiger partial charge on any atom is -0.493 e. The lowest BCUT2D eigenvalue weighted by atomic mass is 9.67. The van der Waals surface area contributed by atoms with Crippen LogP contribution in [0.1, 0.15) is 24.8 Å². The number of hydrogen-bond acceptors (Lipinski definition) is 4. The summed E-state index contributed by atoms with van der Waals surface area (Å²) in [4.78, 5) is 0. The maximum atomic E-state index is 5.96. The van der Waals surface area contributed by atoms with Gasteiger partial charge in [-0.1, -0.05) is 13.0 Å². The highest BCUT2D eigenvalue weighted by molar-refractivity contribution is 5.44. The average molecular weight is 265 g/mol. The predicted molar refractivity (Wildman–Crippen MR) is 74.9 cm³/mol. The lowest BCUT2D eigenvalue weighted by Gasteiger charge is -2.41. The zero-order valence-corrected chi connectivity index (χ0v) is 11.9. The molecule has 0 radical (unpaired) electrons. The molecule has 0 saturated heterocycles. The lowest BCUT2D eigenvalue weighted by molar-refractivity contribution is 0.144. The van der Waals surface area contributed by atoms with E-state index in [0.717, 1.165) is 17.9 Å². The van der Waals surface area contributed by atoms with Crippen LogP contribution in [0.15, 0.2) is 18.2 Å². The number of methoxy groups -OCH3 is 2. The number of hydrogen-bond donors (Lipinski definition) is 1. The molecule has 4 nitrogen and oxygen atoms in total. The van der Waals surface area contributed by atoms with Gasteiger partial charge in [-0.2, -0.15) is 0 Å². The molecule has 19 heavy (non-hydrogen) atoms. The molecule has 0 heterocycles. The van der Waals surface area contributed by atoms with Gasteiger partial charge in [-0.25, -0.2) is 0 Å².